The number of aromatic nitrogens is 2. The minimum Gasteiger partial charge on any atom is -0.481 e. The number of pyridine rings is 1. The van der Waals surface area contributed by atoms with E-state index in [-0.39, 0.29) is 0 Å². The zero-order valence-corrected chi connectivity index (χ0v) is 12.1. The molecule has 4 nitrogen and oxygen atoms in total. The Kier molecular flexibility index (Phi) is 3.88. The highest BCUT2D eigenvalue weighted by atomic mass is 16.5. The van der Waals surface area contributed by atoms with Crippen molar-refractivity contribution < 1.29 is 4.74 Å². The summed E-state index contributed by atoms with van der Waals surface area (Å²) in [5.41, 5.74) is 9.18. The largest absolute Gasteiger partial charge is 0.481 e. The van der Waals surface area contributed by atoms with Crippen molar-refractivity contribution in [3.63, 3.8) is 0 Å². The molecule has 4 heteroatoms. The van der Waals surface area contributed by atoms with Gasteiger partial charge in [-0.15, -0.1) is 0 Å². The first kappa shape index (κ1) is 13.6. The molecule has 21 heavy (non-hydrogen) atoms. The maximum atomic E-state index is 5.62. The molecule has 108 valence electrons. The molecule has 0 bridgehead atoms. The van der Waals surface area contributed by atoms with Gasteiger partial charge in [-0.25, -0.2) is 4.98 Å². The molecule has 0 aliphatic heterocycles. The molecule has 2 aromatic heterocycles. The molecular formula is C17H19N3O. The predicted molar refractivity (Wildman–Crippen MR) is 84.6 cm³/mol. The van der Waals surface area contributed by atoms with Gasteiger partial charge in [0.25, 0.3) is 0 Å². The van der Waals surface area contributed by atoms with E-state index in [9.17, 15) is 0 Å². The van der Waals surface area contributed by atoms with E-state index in [2.05, 4.69) is 40.0 Å². The Morgan fingerprint density at radius 1 is 1.24 bits per heavy atom. The van der Waals surface area contributed by atoms with Gasteiger partial charge in [-0.05, 0) is 48.2 Å². The molecule has 0 aliphatic carbocycles. The first-order chi connectivity index (χ1) is 10.3. The SMILES string of the molecule is COc1ncccc1Cn1ccc2cc(CCN)ccc21. The van der Waals surface area contributed by atoms with Crippen molar-refractivity contribution in [2.24, 2.45) is 5.73 Å². The standard InChI is InChI=1S/C17H19N3O/c1-21-17-15(3-2-9-19-17)12-20-10-7-14-11-13(6-8-18)4-5-16(14)20/h2-5,7,9-11H,6,8,12,18H2,1H3. The number of nitrogens with zero attached hydrogens (tertiary/aromatic N) is 2. The van der Waals surface area contributed by atoms with E-state index in [1.807, 2.05) is 12.1 Å². The highest BCUT2D eigenvalue weighted by Crippen LogP contribution is 2.21. The summed E-state index contributed by atoms with van der Waals surface area (Å²) < 4.78 is 7.53. The van der Waals surface area contributed by atoms with Gasteiger partial charge in [0.15, 0.2) is 0 Å². The summed E-state index contributed by atoms with van der Waals surface area (Å²) in [6, 6.07) is 12.6. The highest BCUT2D eigenvalue weighted by molar-refractivity contribution is 5.81. The summed E-state index contributed by atoms with van der Waals surface area (Å²) in [6.45, 7) is 1.43. The lowest BCUT2D eigenvalue weighted by Gasteiger charge is -2.09. The number of hydrogen-bond donors (Lipinski definition) is 1. The molecule has 0 aliphatic rings. The third kappa shape index (κ3) is 2.76. The monoisotopic (exact) mass is 281 g/mol. The molecule has 3 rings (SSSR count). The van der Waals surface area contributed by atoms with Gasteiger partial charge in [0.1, 0.15) is 0 Å². The van der Waals surface area contributed by atoms with Crippen LogP contribution in [0.5, 0.6) is 5.88 Å². The topological polar surface area (TPSA) is 53.1 Å². The first-order valence-electron chi connectivity index (χ1n) is 7.07. The summed E-state index contributed by atoms with van der Waals surface area (Å²) >= 11 is 0. The van der Waals surface area contributed by atoms with Gasteiger partial charge in [0, 0.05) is 23.5 Å². The number of benzene rings is 1. The maximum absolute atomic E-state index is 5.62. The van der Waals surface area contributed by atoms with Crippen LogP contribution in [0.4, 0.5) is 0 Å². The van der Waals surface area contributed by atoms with Gasteiger partial charge < -0.3 is 15.0 Å². The second-order valence-corrected chi connectivity index (χ2v) is 5.05. The molecule has 1 aromatic carbocycles. The summed E-state index contributed by atoms with van der Waals surface area (Å²) in [5, 5.41) is 1.24. The zero-order valence-electron chi connectivity index (χ0n) is 12.1. The fourth-order valence-corrected chi connectivity index (χ4v) is 2.62. The highest BCUT2D eigenvalue weighted by Gasteiger charge is 2.07. The normalized spacial score (nSPS) is 11.0. The lowest BCUT2D eigenvalue weighted by molar-refractivity contribution is 0.391. The Morgan fingerprint density at radius 3 is 2.95 bits per heavy atom. The molecule has 0 fully saturated rings. The lowest BCUT2D eigenvalue weighted by Crippen LogP contribution is -2.03. The number of hydrogen-bond acceptors (Lipinski definition) is 3. The van der Waals surface area contributed by atoms with E-state index in [0.717, 1.165) is 18.5 Å². The Balaban J connectivity index is 1.94. The smallest absolute Gasteiger partial charge is 0.218 e. The van der Waals surface area contributed by atoms with Crippen molar-refractivity contribution in [3.8, 4) is 5.88 Å². The molecule has 2 N–H and O–H groups in total. The van der Waals surface area contributed by atoms with Crippen molar-refractivity contribution in [1.82, 2.24) is 9.55 Å². The van der Waals surface area contributed by atoms with Gasteiger partial charge >= 0.3 is 0 Å². The van der Waals surface area contributed by atoms with Crippen LogP contribution in [0.25, 0.3) is 10.9 Å². The average molecular weight is 281 g/mol. The fraction of sp³-hybridized carbons (Fsp3) is 0.235. The minimum atomic E-state index is 0.680. The molecule has 3 aromatic rings. The summed E-state index contributed by atoms with van der Waals surface area (Å²) in [4.78, 5) is 4.25. The second kappa shape index (κ2) is 5.97. The molecule has 0 saturated heterocycles. The average Bonchev–Trinajstić information content (AvgIpc) is 2.91. The van der Waals surface area contributed by atoms with E-state index in [0.29, 0.717) is 12.4 Å². The Morgan fingerprint density at radius 2 is 2.14 bits per heavy atom. The molecule has 2 heterocycles. The van der Waals surface area contributed by atoms with Crippen LogP contribution < -0.4 is 10.5 Å². The second-order valence-electron chi connectivity index (χ2n) is 5.05. The van der Waals surface area contributed by atoms with Gasteiger partial charge in [0.05, 0.1) is 13.7 Å². The fourth-order valence-electron chi connectivity index (χ4n) is 2.62. The number of fused-ring (bicyclic) bond motifs is 1. The summed E-state index contributed by atoms with van der Waals surface area (Å²) in [6.07, 6.45) is 4.76. The van der Waals surface area contributed by atoms with Crippen molar-refractivity contribution in [2.75, 3.05) is 13.7 Å². The molecule has 0 unspecified atom stereocenters. The number of methoxy groups -OCH3 is 1. The molecule has 0 spiro atoms. The van der Waals surface area contributed by atoms with Gasteiger partial charge in [0.2, 0.25) is 5.88 Å². The zero-order chi connectivity index (χ0) is 14.7. The van der Waals surface area contributed by atoms with Crippen molar-refractivity contribution in [2.45, 2.75) is 13.0 Å². The van der Waals surface area contributed by atoms with Crippen molar-refractivity contribution in [1.29, 1.82) is 0 Å². The van der Waals surface area contributed by atoms with Gasteiger partial charge in [-0.3, -0.25) is 0 Å². The lowest BCUT2D eigenvalue weighted by atomic mass is 10.1. The van der Waals surface area contributed by atoms with Crippen LogP contribution in [0.2, 0.25) is 0 Å². The van der Waals surface area contributed by atoms with Crippen LogP contribution >= 0.6 is 0 Å². The molecule has 0 amide bonds. The van der Waals surface area contributed by atoms with Crippen LogP contribution in [0.1, 0.15) is 11.1 Å². The Labute approximate surface area is 124 Å². The van der Waals surface area contributed by atoms with Gasteiger partial charge in [-0.2, -0.15) is 0 Å². The van der Waals surface area contributed by atoms with Gasteiger partial charge in [-0.1, -0.05) is 12.1 Å². The quantitative estimate of drug-likeness (QED) is 0.782. The van der Waals surface area contributed by atoms with Crippen LogP contribution in [-0.4, -0.2) is 23.2 Å². The van der Waals surface area contributed by atoms with Crippen molar-refractivity contribution in [3.05, 3.63) is 59.9 Å². The first-order valence-corrected chi connectivity index (χ1v) is 7.07. The maximum Gasteiger partial charge on any atom is 0.218 e. The van der Waals surface area contributed by atoms with Crippen LogP contribution in [0.15, 0.2) is 48.8 Å². The third-order valence-corrected chi connectivity index (χ3v) is 3.65. The van der Waals surface area contributed by atoms with Crippen LogP contribution in [0, 0.1) is 0 Å². The molecular weight excluding hydrogens is 262 g/mol. The molecule has 0 radical (unpaired) electrons. The summed E-state index contributed by atoms with van der Waals surface area (Å²) in [7, 11) is 1.65. The summed E-state index contributed by atoms with van der Waals surface area (Å²) in [5.74, 6) is 0.680. The Bertz CT molecular complexity index is 749. The van der Waals surface area contributed by atoms with E-state index in [1.165, 1.54) is 16.5 Å². The Hall–Kier alpha value is -2.33. The van der Waals surface area contributed by atoms with E-state index in [1.54, 1.807) is 13.3 Å². The predicted octanol–water partition coefficient (Wildman–Crippen LogP) is 2.59. The number of nitrogens with two attached hydrogens (primary N) is 1. The third-order valence-electron chi connectivity index (χ3n) is 3.65. The van der Waals surface area contributed by atoms with Crippen molar-refractivity contribution >= 4 is 10.9 Å². The molecule has 0 atom stereocenters. The van der Waals surface area contributed by atoms with E-state index < -0.39 is 0 Å². The minimum absolute atomic E-state index is 0.680. The van der Waals surface area contributed by atoms with E-state index in [4.69, 9.17) is 10.5 Å². The van der Waals surface area contributed by atoms with Crippen LogP contribution in [0.3, 0.4) is 0 Å². The van der Waals surface area contributed by atoms with Crippen LogP contribution in [-0.2, 0) is 13.0 Å². The van der Waals surface area contributed by atoms with E-state index >= 15 is 0 Å². The number of rotatable bonds is 5. The number of ether oxygens (including phenoxy) is 1. The molecule has 0 saturated carbocycles.